The van der Waals surface area contributed by atoms with Gasteiger partial charge in [0, 0.05) is 32.7 Å². The van der Waals surface area contributed by atoms with Crippen LogP contribution in [0.25, 0.3) is 0 Å². The van der Waals surface area contributed by atoms with Gasteiger partial charge in [-0.3, -0.25) is 4.90 Å². The molecule has 0 aromatic heterocycles. The van der Waals surface area contributed by atoms with Gasteiger partial charge in [-0.1, -0.05) is 44.2 Å². The first-order valence-corrected chi connectivity index (χ1v) is 7.27. The van der Waals surface area contributed by atoms with E-state index >= 15 is 0 Å². The van der Waals surface area contributed by atoms with E-state index < -0.39 is 0 Å². The lowest BCUT2D eigenvalue weighted by Crippen LogP contribution is -2.55. The fraction of sp³-hybridized carbons (Fsp3) is 0.625. The first-order valence-electron chi connectivity index (χ1n) is 7.27. The molecule has 3 heteroatoms. The molecule has 106 valence electrons. The number of piperazine rings is 1. The largest absolute Gasteiger partial charge is 0.320 e. The van der Waals surface area contributed by atoms with E-state index in [2.05, 4.69) is 61.0 Å². The molecule has 19 heavy (non-hydrogen) atoms. The fourth-order valence-corrected chi connectivity index (χ4v) is 2.73. The van der Waals surface area contributed by atoms with Gasteiger partial charge in [0.15, 0.2) is 0 Å². The zero-order valence-corrected chi connectivity index (χ0v) is 12.5. The van der Waals surface area contributed by atoms with Crippen LogP contribution in [-0.4, -0.2) is 49.6 Å². The third-order valence-electron chi connectivity index (χ3n) is 4.42. The smallest absolute Gasteiger partial charge is 0.0561 e. The topological polar surface area (TPSA) is 32.5 Å². The van der Waals surface area contributed by atoms with Crippen LogP contribution < -0.4 is 5.73 Å². The Hall–Kier alpha value is -0.900. The molecule has 0 bridgehead atoms. The summed E-state index contributed by atoms with van der Waals surface area (Å²) >= 11 is 0. The van der Waals surface area contributed by atoms with E-state index in [0.29, 0.717) is 5.92 Å². The van der Waals surface area contributed by atoms with Gasteiger partial charge in [0.25, 0.3) is 0 Å². The van der Waals surface area contributed by atoms with Crippen LogP contribution >= 0.6 is 0 Å². The summed E-state index contributed by atoms with van der Waals surface area (Å²) in [7, 11) is 2.19. The highest BCUT2D eigenvalue weighted by Gasteiger charge is 2.33. The van der Waals surface area contributed by atoms with E-state index in [0.717, 1.165) is 32.7 Å². The Morgan fingerprint density at radius 1 is 1.11 bits per heavy atom. The summed E-state index contributed by atoms with van der Waals surface area (Å²) in [5.41, 5.74) is 7.77. The molecule has 1 aromatic carbocycles. The van der Waals surface area contributed by atoms with E-state index in [9.17, 15) is 0 Å². The molecule has 1 aliphatic rings. The van der Waals surface area contributed by atoms with Crippen molar-refractivity contribution in [2.24, 2.45) is 11.7 Å². The fourth-order valence-electron chi connectivity index (χ4n) is 2.73. The van der Waals surface area contributed by atoms with Crippen LogP contribution in [0.4, 0.5) is 0 Å². The molecular formula is C16H27N3. The lowest BCUT2D eigenvalue weighted by Gasteiger charge is -2.41. The van der Waals surface area contributed by atoms with Crippen LogP contribution in [0, 0.1) is 5.92 Å². The maximum atomic E-state index is 6.77. The standard InChI is InChI=1S/C16H27N3/c1-14(2)16(17,15-7-5-4-6-8-15)13-19-11-9-18(3)10-12-19/h4-8,14H,9-13,17H2,1-3H3. The lowest BCUT2D eigenvalue weighted by molar-refractivity contribution is 0.110. The summed E-state index contributed by atoms with van der Waals surface area (Å²) in [6.07, 6.45) is 0. The van der Waals surface area contributed by atoms with Gasteiger partial charge in [-0.15, -0.1) is 0 Å². The summed E-state index contributed by atoms with van der Waals surface area (Å²) in [6.45, 7) is 9.92. The number of nitrogens with zero attached hydrogens (tertiary/aromatic N) is 2. The van der Waals surface area contributed by atoms with Crippen LogP contribution in [0.5, 0.6) is 0 Å². The van der Waals surface area contributed by atoms with Gasteiger partial charge < -0.3 is 10.6 Å². The zero-order valence-electron chi connectivity index (χ0n) is 12.5. The predicted molar refractivity (Wildman–Crippen MR) is 81.1 cm³/mol. The van der Waals surface area contributed by atoms with Gasteiger partial charge in [0.05, 0.1) is 5.54 Å². The number of hydrogen-bond acceptors (Lipinski definition) is 3. The van der Waals surface area contributed by atoms with Crippen LogP contribution in [-0.2, 0) is 5.54 Å². The summed E-state index contributed by atoms with van der Waals surface area (Å²) < 4.78 is 0. The summed E-state index contributed by atoms with van der Waals surface area (Å²) in [5.74, 6) is 0.426. The van der Waals surface area contributed by atoms with Crippen LogP contribution in [0.15, 0.2) is 30.3 Å². The highest BCUT2D eigenvalue weighted by atomic mass is 15.3. The Bertz CT molecular complexity index is 382. The first-order chi connectivity index (χ1) is 9.02. The first kappa shape index (κ1) is 14.5. The Balaban J connectivity index is 2.12. The van der Waals surface area contributed by atoms with E-state index in [1.54, 1.807) is 0 Å². The quantitative estimate of drug-likeness (QED) is 0.896. The highest BCUT2D eigenvalue weighted by molar-refractivity contribution is 5.25. The van der Waals surface area contributed by atoms with E-state index in [4.69, 9.17) is 5.73 Å². The minimum atomic E-state index is -0.253. The average molecular weight is 261 g/mol. The molecule has 1 saturated heterocycles. The minimum Gasteiger partial charge on any atom is -0.320 e. The van der Waals surface area contributed by atoms with Crippen molar-refractivity contribution in [1.29, 1.82) is 0 Å². The molecule has 1 heterocycles. The lowest BCUT2D eigenvalue weighted by atomic mass is 9.80. The molecule has 0 amide bonds. The second-order valence-electron chi connectivity index (χ2n) is 6.14. The summed E-state index contributed by atoms with van der Waals surface area (Å²) in [4.78, 5) is 4.89. The predicted octanol–water partition coefficient (Wildman–Crippen LogP) is 1.74. The molecule has 0 spiro atoms. The maximum absolute atomic E-state index is 6.77. The van der Waals surface area contributed by atoms with Crippen molar-refractivity contribution in [3.63, 3.8) is 0 Å². The maximum Gasteiger partial charge on any atom is 0.0561 e. The highest BCUT2D eigenvalue weighted by Crippen LogP contribution is 2.28. The van der Waals surface area contributed by atoms with Gasteiger partial charge in [-0.25, -0.2) is 0 Å². The molecule has 1 atom stereocenters. The van der Waals surface area contributed by atoms with Crippen molar-refractivity contribution >= 4 is 0 Å². The number of hydrogen-bond donors (Lipinski definition) is 1. The number of benzene rings is 1. The number of nitrogens with two attached hydrogens (primary N) is 1. The SMILES string of the molecule is CC(C)C(N)(CN1CCN(C)CC1)c1ccccc1. The molecule has 1 aliphatic heterocycles. The van der Waals surface area contributed by atoms with Crippen molar-refractivity contribution in [2.45, 2.75) is 19.4 Å². The molecule has 3 nitrogen and oxygen atoms in total. The molecule has 0 radical (unpaired) electrons. The second-order valence-corrected chi connectivity index (χ2v) is 6.14. The molecule has 0 aliphatic carbocycles. The van der Waals surface area contributed by atoms with Crippen LogP contribution in [0.3, 0.4) is 0 Å². The van der Waals surface area contributed by atoms with Crippen molar-refractivity contribution in [3.05, 3.63) is 35.9 Å². The number of likely N-dealkylation sites (N-methyl/N-ethyl adjacent to an activating group) is 1. The van der Waals surface area contributed by atoms with Gasteiger partial charge in [0.1, 0.15) is 0 Å². The molecule has 1 unspecified atom stereocenters. The van der Waals surface area contributed by atoms with Crippen molar-refractivity contribution in [3.8, 4) is 0 Å². The normalized spacial score (nSPS) is 21.5. The van der Waals surface area contributed by atoms with E-state index in [1.165, 1.54) is 5.56 Å². The van der Waals surface area contributed by atoms with Gasteiger partial charge in [-0.05, 0) is 18.5 Å². The molecule has 1 fully saturated rings. The molecular weight excluding hydrogens is 234 g/mol. The Labute approximate surface area is 117 Å². The molecule has 1 aromatic rings. The molecule has 0 saturated carbocycles. The van der Waals surface area contributed by atoms with Crippen LogP contribution in [0.1, 0.15) is 19.4 Å². The second kappa shape index (κ2) is 6.04. The third-order valence-corrected chi connectivity index (χ3v) is 4.42. The van der Waals surface area contributed by atoms with E-state index in [-0.39, 0.29) is 5.54 Å². The molecule has 2 N–H and O–H groups in total. The average Bonchev–Trinajstić information content (AvgIpc) is 2.42. The Morgan fingerprint density at radius 2 is 1.68 bits per heavy atom. The van der Waals surface area contributed by atoms with Gasteiger partial charge >= 0.3 is 0 Å². The van der Waals surface area contributed by atoms with Crippen molar-refractivity contribution in [2.75, 3.05) is 39.8 Å². The van der Waals surface area contributed by atoms with Crippen LogP contribution in [0.2, 0.25) is 0 Å². The molecule has 2 rings (SSSR count). The number of rotatable bonds is 4. The minimum absolute atomic E-state index is 0.253. The summed E-state index contributed by atoms with van der Waals surface area (Å²) in [5, 5.41) is 0. The van der Waals surface area contributed by atoms with Crippen molar-refractivity contribution in [1.82, 2.24) is 9.80 Å². The Kier molecular flexibility index (Phi) is 4.61. The third kappa shape index (κ3) is 3.35. The van der Waals surface area contributed by atoms with E-state index in [1.807, 2.05) is 0 Å². The Morgan fingerprint density at radius 3 is 2.21 bits per heavy atom. The van der Waals surface area contributed by atoms with Gasteiger partial charge in [0.2, 0.25) is 0 Å². The summed E-state index contributed by atoms with van der Waals surface area (Å²) in [6, 6.07) is 10.6. The van der Waals surface area contributed by atoms with Gasteiger partial charge in [-0.2, -0.15) is 0 Å². The monoisotopic (exact) mass is 261 g/mol. The van der Waals surface area contributed by atoms with Crippen molar-refractivity contribution < 1.29 is 0 Å². The zero-order chi connectivity index (χ0) is 13.9.